The number of hydrogen-bond donors (Lipinski definition) is 0. The molecule has 18 heavy (non-hydrogen) atoms. The highest BCUT2D eigenvalue weighted by Crippen LogP contribution is 2.60. The Morgan fingerprint density at radius 2 is 1.72 bits per heavy atom. The van der Waals surface area contributed by atoms with E-state index < -0.39 is 11.7 Å². The molecule has 0 atom stereocenters. The Hall–Kier alpha value is 1.19. The van der Waals surface area contributed by atoms with Gasteiger partial charge in [-0.3, -0.25) is 9.13 Å². The molecule has 0 aliphatic heterocycles. The molecule has 0 aliphatic rings. The number of hydrogen-bond acceptors (Lipinski definition) is 3. The Morgan fingerprint density at radius 1 is 1.17 bits per heavy atom. The van der Waals surface area contributed by atoms with E-state index in [1.807, 2.05) is 6.92 Å². The van der Waals surface area contributed by atoms with Crippen LogP contribution in [0.5, 0.6) is 0 Å². The number of rotatable bonds is 7. The molecule has 0 N–H and O–H groups in total. The van der Waals surface area contributed by atoms with E-state index >= 15 is 0 Å². The molecule has 0 unspecified atom stereocenters. The van der Waals surface area contributed by atoms with Crippen molar-refractivity contribution >= 4 is 68.3 Å². The third-order valence-electron chi connectivity index (χ3n) is 1.70. The van der Waals surface area contributed by atoms with Crippen molar-refractivity contribution in [1.82, 2.24) is 4.90 Å². The first-order valence-electron chi connectivity index (χ1n) is 4.87. The Morgan fingerprint density at radius 3 is 2.11 bits per heavy atom. The van der Waals surface area contributed by atoms with E-state index in [9.17, 15) is 9.13 Å². The van der Waals surface area contributed by atoms with Gasteiger partial charge >= 0.3 is 0 Å². The van der Waals surface area contributed by atoms with E-state index in [0.29, 0.717) is 6.54 Å². The third kappa shape index (κ3) is 11.1. The van der Waals surface area contributed by atoms with Crippen LogP contribution in [0.1, 0.15) is 19.8 Å². The summed E-state index contributed by atoms with van der Waals surface area (Å²) in [5.74, 6) is -4.62. The second kappa shape index (κ2) is 8.47. The summed E-state index contributed by atoms with van der Waals surface area (Å²) in [6, 6.07) is 0. The van der Waals surface area contributed by atoms with Gasteiger partial charge in [0.2, 0.25) is 0 Å². The molecule has 0 rings (SSSR count). The first-order valence-corrected chi connectivity index (χ1v) is 12.4. The highest BCUT2D eigenvalue weighted by Gasteiger charge is 2.15. The molecule has 10 heteroatoms. The van der Waals surface area contributed by atoms with E-state index in [0.717, 1.165) is 24.5 Å². The lowest BCUT2D eigenvalue weighted by Crippen LogP contribution is -2.14. The quantitative estimate of drug-likeness (QED) is 0.347. The fourth-order valence-electron chi connectivity index (χ4n) is 0.937. The van der Waals surface area contributed by atoms with Crippen LogP contribution in [0, 0.1) is 0 Å². The molecule has 0 aliphatic carbocycles. The SMILES string of the molecule is CCCCN(/C=C/P(=O)(Cl)Cl)/C(Cl)=C/P(=O)(Cl)Cl. The summed E-state index contributed by atoms with van der Waals surface area (Å²) in [7, 11) is 0. The van der Waals surface area contributed by atoms with E-state index in [-0.39, 0.29) is 5.16 Å². The van der Waals surface area contributed by atoms with Crippen LogP contribution in [0.4, 0.5) is 0 Å². The van der Waals surface area contributed by atoms with Gasteiger partial charge in [-0.2, -0.15) is 0 Å². The second-order valence-corrected chi connectivity index (χ2v) is 13.3. The summed E-state index contributed by atoms with van der Waals surface area (Å²) in [6.07, 6.45) is 3.07. The lowest BCUT2D eigenvalue weighted by molar-refractivity contribution is 0.474. The van der Waals surface area contributed by atoms with Gasteiger partial charge in [-0.25, -0.2) is 0 Å². The third-order valence-corrected chi connectivity index (χ3v) is 4.47. The highest BCUT2D eigenvalue weighted by atomic mass is 35.9. The summed E-state index contributed by atoms with van der Waals surface area (Å²) in [5.41, 5.74) is 0. The summed E-state index contributed by atoms with van der Waals surface area (Å²) in [6.45, 7) is 2.49. The van der Waals surface area contributed by atoms with E-state index in [1.165, 1.54) is 11.1 Å². The van der Waals surface area contributed by atoms with Crippen molar-refractivity contribution in [2.75, 3.05) is 6.54 Å². The highest BCUT2D eigenvalue weighted by molar-refractivity contribution is 8.11. The largest absolute Gasteiger partial charge is 0.338 e. The fraction of sp³-hybridized carbons (Fsp3) is 0.500. The first kappa shape index (κ1) is 19.2. The molecule has 106 valence electrons. The summed E-state index contributed by atoms with van der Waals surface area (Å²) >= 11 is 27.5. The number of unbranched alkanes of at least 4 members (excludes halogenated alkanes) is 1. The number of halogens is 5. The van der Waals surface area contributed by atoms with E-state index in [2.05, 4.69) is 0 Å². The van der Waals surface area contributed by atoms with Crippen molar-refractivity contribution < 1.29 is 9.13 Å². The summed E-state index contributed by atoms with van der Waals surface area (Å²) in [5, 5.41) is 0.0646. The van der Waals surface area contributed by atoms with Gasteiger partial charge in [0.15, 0.2) is 0 Å². The van der Waals surface area contributed by atoms with Gasteiger partial charge in [0.25, 0.3) is 11.7 Å². The molecule has 0 aromatic rings. The van der Waals surface area contributed by atoms with Crippen LogP contribution < -0.4 is 0 Å². The molecule has 0 spiro atoms. The zero-order chi connectivity index (χ0) is 14.4. The van der Waals surface area contributed by atoms with Gasteiger partial charge in [0, 0.05) is 24.4 Å². The predicted octanol–water partition coefficient (Wildman–Crippen LogP) is 6.94. The molecular formula is C8H12Cl5NO2P2. The van der Waals surface area contributed by atoms with Gasteiger partial charge in [-0.05, 0) is 51.4 Å². The minimum Gasteiger partial charge on any atom is -0.338 e. The Bertz CT molecular complexity index is 414. The number of nitrogens with zero attached hydrogens (tertiary/aromatic N) is 1. The summed E-state index contributed by atoms with van der Waals surface area (Å²) < 4.78 is 22.4. The van der Waals surface area contributed by atoms with Crippen LogP contribution in [0.3, 0.4) is 0 Å². The van der Waals surface area contributed by atoms with E-state index in [1.54, 1.807) is 0 Å². The maximum Gasteiger partial charge on any atom is 0.277 e. The maximum atomic E-state index is 11.2. The molecular weight excluding hydrogens is 381 g/mol. The van der Waals surface area contributed by atoms with Gasteiger partial charge in [0.1, 0.15) is 5.16 Å². The predicted molar refractivity (Wildman–Crippen MR) is 83.3 cm³/mol. The molecule has 0 aromatic carbocycles. The van der Waals surface area contributed by atoms with Crippen molar-refractivity contribution in [3.63, 3.8) is 0 Å². The molecule has 0 bridgehead atoms. The fourth-order valence-corrected chi connectivity index (χ4v) is 3.36. The van der Waals surface area contributed by atoms with E-state index in [4.69, 9.17) is 56.6 Å². The van der Waals surface area contributed by atoms with Crippen LogP contribution in [-0.4, -0.2) is 11.4 Å². The molecule has 0 amide bonds. The molecule has 0 fully saturated rings. The molecule has 0 saturated heterocycles. The zero-order valence-corrected chi connectivity index (χ0v) is 15.0. The minimum atomic E-state index is -3.43. The topological polar surface area (TPSA) is 37.4 Å². The molecule has 0 heterocycles. The molecule has 0 aromatic heterocycles. The van der Waals surface area contributed by atoms with Gasteiger partial charge in [-0.15, -0.1) is 0 Å². The van der Waals surface area contributed by atoms with Crippen LogP contribution in [-0.2, 0) is 9.13 Å². The zero-order valence-electron chi connectivity index (χ0n) is 9.40. The van der Waals surface area contributed by atoms with Gasteiger partial charge in [-0.1, -0.05) is 24.9 Å². The van der Waals surface area contributed by atoms with Crippen molar-refractivity contribution in [1.29, 1.82) is 0 Å². The smallest absolute Gasteiger partial charge is 0.277 e. The molecule has 0 saturated carbocycles. The Labute approximate surface area is 131 Å². The lowest BCUT2D eigenvalue weighted by atomic mass is 10.3. The minimum absolute atomic E-state index is 0.0646. The normalized spacial score (nSPS) is 14.2. The standard InChI is InChI=1S/C8H12Cl5NO2P2/c1-2-3-4-14(5-6-17(10,11)15)8(9)7-18(12,13)16/h5-7H,2-4H2,1H3/b6-5+,8-7+. The molecule has 3 nitrogen and oxygen atoms in total. The summed E-state index contributed by atoms with van der Waals surface area (Å²) in [4.78, 5) is 1.47. The van der Waals surface area contributed by atoms with Gasteiger partial charge in [0.05, 0.1) is 0 Å². The molecule has 0 radical (unpaired) electrons. The van der Waals surface area contributed by atoms with Crippen molar-refractivity contribution in [3.05, 3.63) is 23.0 Å². The van der Waals surface area contributed by atoms with Crippen LogP contribution in [0.15, 0.2) is 23.0 Å². The Kier molecular flexibility index (Phi) is 9.03. The van der Waals surface area contributed by atoms with Crippen molar-refractivity contribution in [2.45, 2.75) is 19.8 Å². The Balaban J connectivity index is 5.00. The first-order chi connectivity index (χ1) is 8.05. The van der Waals surface area contributed by atoms with Gasteiger partial charge < -0.3 is 4.90 Å². The average Bonchev–Trinajstić information content (AvgIpc) is 2.13. The van der Waals surface area contributed by atoms with Crippen LogP contribution >= 0.6 is 68.3 Å². The monoisotopic (exact) mass is 391 g/mol. The maximum absolute atomic E-state index is 11.2. The lowest BCUT2D eigenvalue weighted by Gasteiger charge is -2.19. The van der Waals surface area contributed by atoms with Crippen LogP contribution in [0.25, 0.3) is 0 Å². The van der Waals surface area contributed by atoms with Crippen molar-refractivity contribution in [2.24, 2.45) is 0 Å². The average molecular weight is 393 g/mol. The van der Waals surface area contributed by atoms with Crippen molar-refractivity contribution in [3.8, 4) is 0 Å². The second-order valence-electron chi connectivity index (χ2n) is 3.30. The van der Waals surface area contributed by atoms with Crippen LogP contribution in [0.2, 0.25) is 0 Å².